The van der Waals surface area contributed by atoms with Crippen molar-refractivity contribution in [3.63, 3.8) is 0 Å². The Hall–Kier alpha value is -1.90. The van der Waals surface area contributed by atoms with Gasteiger partial charge in [-0.05, 0) is 55.2 Å². The number of likely N-dealkylation sites (N-methyl/N-ethyl adjacent to an activating group) is 1. The summed E-state index contributed by atoms with van der Waals surface area (Å²) in [6.07, 6.45) is 1.70. The number of hydrogen-bond donors (Lipinski definition) is 0. The molecule has 8 heteroatoms. The van der Waals surface area contributed by atoms with Crippen LogP contribution in [0, 0.1) is 5.92 Å². The molecule has 0 unspecified atom stereocenters. The molecule has 3 rings (SSSR count). The smallest absolute Gasteiger partial charge is 0.243 e. The topological polar surface area (TPSA) is 66.9 Å². The summed E-state index contributed by atoms with van der Waals surface area (Å²) >= 11 is 3.29. The SMILES string of the molecule is CN(CC(=O)N1CCC(COc2ccccc2)CC1)S(=O)(=O)c1ccc(Br)cc1. The van der Waals surface area contributed by atoms with E-state index < -0.39 is 10.0 Å². The highest BCUT2D eigenvalue weighted by atomic mass is 79.9. The molecule has 0 saturated carbocycles. The Morgan fingerprint density at radius 1 is 1.10 bits per heavy atom. The van der Waals surface area contributed by atoms with Gasteiger partial charge in [-0.25, -0.2) is 8.42 Å². The molecule has 1 saturated heterocycles. The average molecular weight is 481 g/mol. The Bertz CT molecular complexity index is 911. The monoisotopic (exact) mass is 480 g/mol. The number of para-hydroxylation sites is 1. The molecule has 1 aliphatic heterocycles. The molecule has 2 aromatic carbocycles. The number of halogens is 1. The van der Waals surface area contributed by atoms with Gasteiger partial charge in [-0.15, -0.1) is 0 Å². The van der Waals surface area contributed by atoms with Gasteiger partial charge in [0.15, 0.2) is 0 Å². The van der Waals surface area contributed by atoms with E-state index >= 15 is 0 Å². The maximum atomic E-state index is 12.7. The quantitative estimate of drug-likeness (QED) is 0.608. The molecule has 1 heterocycles. The Morgan fingerprint density at radius 2 is 1.72 bits per heavy atom. The first-order chi connectivity index (χ1) is 13.9. The molecule has 1 aliphatic rings. The molecule has 0 radical (unpaired) electrons. The first-order valence-corrected chi connectivity index (χ1v) is 11.8. The van der Waals surface area contributed by atoms with Crippen molar-refractivity contribution in [3.05, 3.63) is 59.1 Å². The summed E-state index contributed by atoms with van der Waals surface area (Å²) in [6.45, 7) is 1.70. The lowest BCUT2D eigenvalue weighted by molar-refractivity contribution is -0.132. The average Bonchev–Trinajstić information content (AvgIpc) is 2.73. The minimum atomic E-state index is -3.69. The van der Waals surface area contributed by atoms with E-state index in [-0.39, 0.29) is 17.3 Å². The summed E-state index contributed by atoms with van der Waals surface area (Å²) in [5.41, 5.74) is 0. The zero-order chi connectivity index (χ0) is 20.9. The molecule has 1 amide bonds. The second-order valence-corrected chi connectivity index (χ2v) is 10.1. The van der Waals surface area contributed by atoms with Crippen molar-refractivity contribution < 1.29 is 17.9 Å². The highest BCUT2D eigenvalue weighted by molar-refractivity contribution is 9.10. The van der Waals surface area contributed by atoms with Gasteiger partial charge >= 0.3 is 0 Å². The van der Waals surface area contributed by atoms with E-state index in [1.54, 1.807) is 17.0 Å². The zero-order valence-corrected chi connectivity index (χ0v) is 18.7. The lowest BCUT2D eigenvalue weighted by atomic mass is 9.98. The molecule has 1 fully saturated rings. The Morgan fingerprint density at radius 3 is 2.34 bits per heavy atom. The third kappa shape index (κ3) is 5.81. The highest BCUT2D eigenvalue weighted by Gasteiger charge is 2.28. The van der Waals surface area contributed by atoms with Gasteiger partial charge in [-0.2, -0.15) is 4.31 Å². The number of sulfonamides is 1. The van der Waals surface area contributed by atoms with E-state index in [4.69, 9.17) is 4.74 Å². The van der Waals surface area contributed by atoms with Gasteiger partial charge in [0.25, 0.3) is 0 Å². The predicted octanol–water partition coefficient (Wildman–Crippen LogP) is 3.39. The summed E-state index contributed by atoms with van der Waals surface area (Å²) in [6, 6.07) is 16.1. The van der Waals surface area contributed by atoms with Crippen molar-refractivity contribution in [3.8, 4) is 5.75 Å². The van der Waals surface area contributed by atoms with Gasteiger partial charge in [0.1, 0.15) is 5.75 Å². The summed E-state index contributed by atoms with van der Waals surface area (Å²) in [5.74, 6) is 1.07. The van der Waals surface area contributed by atoms with Crippen molar-refractivity contribution in [2.24, 2.45) is 5.92 Å². The molecule has 0 N–H and O–H groups in total. The van der Waals surface area contributed by atoms with E-state index in [1.165, 1.54) is 19.2 Å². The standard InChI is InChI=1S/C21H25BrN2O4S/c1-23(29(26,27)20-9-7-18(22)8-10-20)15-21(25)24-13-11-17(12-14-24)16-28-19-5-3-2-4-6-19/h2-10,17H,11-16H2,1H3. The molecule has 0 bridgehead atoms. The van der Waals surface area contributed by atoms with Crippen LogP contribution in [0.25, 0.3) is 0 Å². The molecular weight excluding hydrogens is 456 g/mol. The first-order valence-electron chi connectivity index (χ1n) is 9.54. The minimum absolute atomic E-state index is 0.163. The van der Waals surface area contributed by atoms with Crippen molar-refractivity contribution in [1.82, 2.24) is 9.21 Å². The van der Waals surface area contributed by atoms with Crippen molar-refractivity contribution in [2.45, 2.75) is 17.7 Å². The Labute approximate surface area is 180 Å². The number of carbonyl (C=O) groups excluding carboxylic acids is 1. The fourth-order valence-corrected chi connectivity index (χ4v) is 4.63. The Kier molecular flexibility index (Phi) is 7.32. The summed E-state index contributed by atoms with van der Waals surface area (Å²) in [5, 5.41) is 0. The molecule has 0 aromatic heterocycles. The molecule has 156 valence electrons. The van der Waals surface area contributed by atoms with Crippen LogP contribution in [-0.2, 0) is 14.8 Å². The van der Waals surface area contributed by atoms with Crippen LogP contribution < -0.4 is 4.74 Å². The minimum Gasteiger partial charge on any atom is -0.493 e. The third-order valence-corrected chi connectivity index (χ3v) is 7.42. The van der Waals surface area contributed by atoms with Gasteiger partial charge in [0.05, 0.1) is 18.0 Å². The number of rotatable bonds is 7. The fourth-order valence-electron chi connectivity index (χ4n) is 3.24. The third-order valence-electron chi connectivity index (χ3n) is 5.08. The van der Waals surface area contributed by atoms with Gasteiger partial charge in [-0.1, -0.05) is 34.1 Å². The van der Waals surface area contributed by atoms with Crippen LogP contribution in [0.3, 0.4) is 0 Å². The number of amides is 1. The highest BCUT2D eigenvalue weighted by Crippen LogP contribution is 2.21. The molecule has 0 atom stereocenters. The summed E-state index contributed by atoms with van der Waals surface area (Å²) in [4.78, 5) is 14.5. The van der Waals surface area contributed by atoms with E-state index in [0.717, 1.165) is 27.4 Å². The lowest BCUT2D eigenvalue weighted by Crippen LogP contribution is -2.45. The van der Waals surface area contributed by atoms with Crippen molar-refractivity contribution in [2.75, 3.05) is 33.3 Å². The number of nitrogens with zero attached hydrogens (tertiary/aromatic N) is 2. The maximum Gasteiger partial charge on any atom is 0.243 e. The number of hydrogen-bond acceptors (Lipinski definition) is 4. The van der Waals surface area contributed by atoms with Crippen LogP contribution in [0.4, 0.5) is 0 Å². The number of likely N-dealkylation sites (tertiary alicyclic amines) is 1. The van der Waals surface area contributed by atoms with Crippen LogP contribution in [0.5, 0.6) is 5.75 Å². The van der Waals surface area contributed by atoms with Gasteiger partial charge in [0, 0.05) is 24.6 Å². The van der Waals surface area contributed by atoms with Crippen molar-refractivity contribution >= 4 is 31.9 Å². The second-order valence-electron chi connectivity index (χ2n) is 7.16. The van der Waals surface area contributed by atoms with Crippen LogP contribution >= 0.6 is 15.9 Å². The molecule has 0 spiro atoms. The summed E-state index contributed by atoms with van der Waals surface area (Å²) in [7, 11) is -2.25. The van der Waals surface area contributed by atoms with Gasteiger partial charge in [-0.3, -0.25) is 4.79 Å². The van der Waals surface area contributed by atoms with Gasteiger partial charge in [0.2, 0.25) is 15.9 Å². The van der Waals surface area contributed by atoms with Crippen molar-refractivity contribution in [1.29, 1.82) is 0 Å². The molecule has 2 aromatic rings. The number of carbonyl (C=O) groups is 1. The second kappa shape index (κ2) is 9.73. The van der Waals surface area contributed by atoms with E-state index in [1.807, 2.05) is 30.3 Å². The van der Waals surface area contributed by atoms with Crippen LogP contribution in [0.2, 0.25) is 0 Å². The Balaban J connectivity index is 1.48. The maximum absolute atomic E-state index is 12.7. The lowest BCUT2D eigenvalue weighted by Gasteiger charge is -2.32. The molecule has 6 nitrogen and oxygen atoms in total. The molecular formula is C21H25BrN2O4S. The van der Waals surface area contributed by atoms with Gasteiger partial charge < -0.3 is 9.64 Å². The van der Waals surface area contributed by atoms with E-state index in [0.29, 0.717) is 25.6 Å². The normalized spacial score (nSPS) is 15.5. The largest absolute Gasteiger partial charge is 0.493 e. The fraction of sp³-hybridized carbons (Fsp3) is 0.381. The van der Waals surface area contributed by atoms with Crippen LogP contribution in [0.1, 0.15) is 12.8 Å². The number of piperidine rings is 1. The molecule has 0 aliphatic carbocycles. The summed E-state index contributed by atoms with van der Waals surface area (Å²) < 4.78 is 33.0. The number of benzene rings is 2. The predicted molar refractivity (Wildman–Crippen MR) is 115 cm³/mol. The molecule has 29 heavy (non-hydrogen) atoms. The number of ether oxygens (including phenoxy) is 1. The first kappa shape index (κ1) is 21.8. The van der Waals surface area contributed by atoms with E-state index in [2.05, 4.69) is 15.9 Å². The van der Waals surface area contributed by atoms with Crippen LogP contribution in [-0.4, -0.2) is 56.8 Å². The van der Waals surface area contributed by atoms with E-state index in [9.17, 15) is 13.2 Å². The van der Waals surface area contributed by atoms with Crippen LogP contribution in [0.15, 0.2) is 64.0 Å². The zero-order valence-electron chi connectivity index (χ0n) is 16.3.